The highest BCUT2D eigenvalue weighted by atomic mass is 19.4. The van der Waals surface area contributed by atoms with Crippen LogP contribution in [0, 0.1) is 5.92 Å². The predicted octanol–water partition coefficient (Wildman–Crippen LogP) is 4.50. The molecule has 1 saturated heterocycles. The molecule has 1 unspecified atom stereocenters. The molecule has 0 aromatic carbocycles. The summed E-state index contributed by atoms with van der Waals surface area (Å²) in [7, 11) is 0. The van der Waals surface area contributed by atoms with Crippen LogP contribution in [0.25, 0.3) is 0 Å². The van der Waals surface area contributed by atoms with Crippen molar-refractivity contribution in [1.82, 2.24) is 9.88 Å². The fourth-order valence-corrected chi connectivity index (χ4v) is 4.43. The Morgan fingerprint density at radius 3 is 2.67 bits per heavy atom. The molecule has 0 bridgehead atoms. The molecule has 2 heterocycles. The second-order valence-electron chi connectivity index (χ2n) is 7.75. The van der Waals surface area contributed by atoms with Gasteiger partial charge in [0.15, 0.2) is 0 Å². The molecule has 1 atom stereocenters. The van der Waals surface area contributed by atoms with E-state index in [-0.39, 0.29) is 11.7 Å². The lowest BCUT2D eigenvalue weighted by molar-refractivity contribution is -0.137. The monoisotopic (exact) mass is 383 g/mol. The lowest BCUT2D eigenvalue weighted by Crippen LogP contribution is -2.40. The van der Waals surface area contributed by atoms with E-state index in [1.54, 1.807) is 4.90 Å². The maximum absolute atomic E-state index is 13.3. The fraction of sp³-hybridized carbons (Fsp3) is 0.700. The molecule has 0 radical (unpaired) electrons. The van der Waals surface area contributed by atoms with E-state index in [0.717, 1.165) is 44.6 Å². The van der Waals surface area contributed by atoms with Crippen molar-refractivity contribution >= 4 is 12.2 Å². The second-order valence-corrected chi connectivity index (χ2v) is 7.75. The summed E-state index contributed by atoms with van der Waals surface area (Å²) in [5.74, 6) is 0.321. The van der Waals surface area contributed by atoms with Crippen molar-refractivity contribution in [2.75, 3.05) is 24.5 Å². The summed E-state index contributed by atoms with van der Waals surface area (Å²) in [5.41, 5.74) is -0.664. The lowest BCUT2D eigenvalue weighted by atomic mass is 9.92. The number of nitrogens with zero attached hydrogens (tertiary/aromatic N) is 3. The zero-order valence-electron chi connectivity index (χ0n) is 15.6. The summed E-state index contributed by atoms with van der Waals surface area (Å²) in [6.07, 6.45) is 6.38. The van der Waals surface area contributed by atoms with Gasteiger partial charge in [0, 0.05) is 31.9 Å². The zero-order valence-corrected chi connectivity index (χ0v) is 15.6. The van der Waals surface area contributed by atoms with Crippen molar-refractivity contribution in [2.24, 2.45) is 5.92 Å². The predicted molar refractivity (Wildman–Crippen MR) is 98.4 cm³/mol. The van der Waals surface area contributed by atoms with Gasteiger partial charge in [-0.2, -0.15) is 13.2 Å². The third-order valence-electron chi connectivity index (χ3n) is 5.89. The van der Waals surface area contributed by atoms with Crippen LogP contribution >= 0.6 is 0 Å². The quantitative estimate of drug-likeness (QED) is 0.679. The average molecular weight is 383 g/mol. The van der Waals surface area contributed by atoms with E-state index >= 15 is 0 Å². The Morgan fingerprint density at radius 2 is 1.96 bits per heavy atom. The molecule has 1 aromatic heterocycles. The van der Waals surface area contributed by atoms with E-state index < -0.39 is 11.7 Å². The van der Waals surface area contributed by atoms with Gasteiger partial charge < -0.3 is 9.80 Å². The van der Waals surface area contributed by atoms with Crippen LogP contribution in [0.2, 0.25) is 0 Å². The van der Waals surface area contributed by atoms with Crippen LogP contribution in [0.4, 0.5) is 19.0 Å². The van der Waals surface area contributed by atoms with Crippen molar-refractivity contribution in [2.45, 2.75) is 63.6 Å². The van der Waals surface area contributed by atoms with Crippen molar-refractivity contribution < 1.29 is 18.0 Å². The first-order chi connectivity index (χ1) is 13.0. The molecule has 1 aromatic rings. The van der Waals surface area contributed by atoms with Crippen LogP contribution in [0.5, 0.6) is 0 Å². The van der Waals surface area contributed by atoms with Gasteiger partial charge in [0.1, 0.15) is 5.82 Å². The summed E-state index contributed by atoms with van der Waals surface area (Å²) in [5, 5.41) is 0. The number of hydrogen-bond acceptors (Lipinski definition) is 3. The Kier molecular flexibility index (Phi) is 6.60. The zero-order chi connectivity index (χ0) is 19.3. The minimum absolute atomic E-state index is 0.0363. The van der Waals surface area contributed by atoms with Crippen molar-refractivity contribution in [3.05, 3.63) is 23.9 Å². The van der Waals surface area contributed by atoms with Gasteiger partial charge >= 0.3 is 6.18 Å². The van der Waals surface area contributed by atoms with Crippen LogP contribution in [-0.4, -0.2) is 42.0 Å². The highest BCUT2D eigenvalue weighted by Crippen LogP contribution is 2.36. The van der Waals surface area contributed by atoms with Gasteiger partial charge in [-0.3, -0.25) is 4.79 Å². The molecule has 2 fully saturated rings. The highest BCUT2D eigenvalue weighted by molar-refractivity contribution is 5.49. The maximum atomic E-state index is 13.3. The standard InChI is InChI=1S/C20H28F3N3O/c21-20(22,23)18-9-4-11-24-19(18)25-12-5-6-16(14-25)10-13-26(15-27)17-7-2-1-3-8-17/h4,9,11,15-17H,1-3,5-8,10,12-14H2. The molecule has 1 aliphatic carbocycles. The van der Waals surface area contributed by atoms with Crippen LogP contribution in [0.1, 0.15) is 56.9 Å². The number of rotatable bonds is 6. The lowest BCUT2D eigenvalue weighted by Gasteiger charge is -2.37. The Hall–Kier alpha value is -1.79. The molecule has 7 heteroatoms. The van der Waals surface area contributed by atoms with Gasteiger partial charge in [-0.15, -0.1) is 0 Å². The fourth-order valence-electron chi connectivity index (χ4n) is 4.43. The molecule has 3 rings (SSSR count). The van der Waals surface area contributed by atoms with Gasteiger partial charge in [-0.05, 0) is 50.2 Å². The number of piperidine rings is 1. The van der Waals surface area contributed by atoms with Crippen LogP contribution in [-0.2, 0) is 11.0 Å². The van der Waals surface area contributed by atoms with Gasteiger partial charge in [0.05, 0.1) is 5.56 Å². The molecule has 1 amide bonds. The Morgan fingerprint density at radius 1 is 1.19 bits per heavy atom. The van der Waals surface area contributed by atoms with E-state index in [9.17, 15) is 18.0 Å². The van der Waals surface area contributed by atoms with E-state index in [1.165, 1.54) is 31.5 Å². The summed E-state index contributed by atoms with van der Waals surface area (Å²) >= 11 is 0. The van der Waals surface area contributed by atoms with Gasteiger partial charge in [0.25, 0.3) is 0 Å². The molecular weight excluding hydrogens is 355 g/mol. The van der Waals surface area contributed by atoms with E-state index in [0.29, 0.717) is 25.7 Å². The summed E-state index contributed by atoms with van der Waals surface area (Å²) in [6.45, 7) is 1.86. The Labute approximate surface area is 158 Å². The second kappa shape index (κ2) is 8.93. The van der Waals surface area contributed by atoms with Gasteiger partial charge in [-0.25, -0.2) is 4.98 Å². The number of anilines is 1. The topological polar surface area (TPSA) is 36.4 Å². The Balaban J connectivity index is 1.60. The molecule has 1 aliphatic heterocycles. The summed E-state index contributed by atoms with van der Waals surface area (Å²) in [6, 6.07) is 2.77. The number of carbonyl (C=O) groups excluding carboxylic acids is 1. The normalized spacial score (nSPS) is 21.9. The number of alkyl halides is 3. The first-order valence-electron chi connectivity index (χ1n) is 9.97. The molecule has 27 heavy (non-hydrogen) atoms. The molecule has 2 aliphatic rings. The molecule has 1 saturated carbocycles. The summed E-state index contributed by atoms with van der Waals surface area (Å²) < 4.78 is 39.9. The average Bonchev–Trinajstić information content (AvgIpc) is 2.69. The highest BCUT2D eigenvalue weighted by Gasteiger charge is 2.36. The van der Waals surface area contributed by atoms with E-state index in [1.807, 2.05) is 4.90 Å². The van der Waals surface area contributed by atoms with E-state index in [2.05, 4.69) is 4.98 Å². The maximum Gasteiger partial charge on any atom is 0.419 e. The third kappa shape index (κ3) is 5.14. The van der Waals surface area contributed by atoms with Crippen LogP contribution < -0.4 is 4.90 Å². The number of halogens is 3. The Bertz CT molecular complexity index is 617. The first kappa shape index (κ1) is 20.0. The molecule has 0 N–H and O–H groups in total. The number of carbonyl (C=O) groups is 1. The smallest absolute Gasteiger partial charge is 0.356 e. The first-order valence-corrected chi connectivity index (χ1v) is 9.97. The molecule has 0 spiro atoms. The minimum Gasteiger partial charge on any atom is -0.356 e. The molecule has 150 valence electrons. The summed E-state index contributed by atoms with van der Waals surface area (Å²) in [4.78, 5) is 19.2. The molecule has 4 nitrogen and oxygen atoms in total. The largest absolute Gasteiger partial charge is 0.419 e. The number of pyridine rings is 1. The number of hydrogen-bond donors (Lipinski definition) is 0. The number of amides is 1. The van der Waals surface area contributed by atoms with Gasteiger partial charge in [-0.1, -0.05) is 19.3 Å². The molecular formula is C20H28F3N3O. The van der Waals surface area contributed by atoms with Crippen LogP contribution in [0.3, 0.4) is 0 Å². The number of aromatic nitrogens is 1. The van der Waals surface area contributed by atoms with Crippen LogP contribution in [0.15, 0.2) is 18.3 Å². The van der Waals surface area contributed by atoms with Crippen molar-refractivity contribution in [1.29, 1.82) is 0 Å². The van der Waals surface area contributed by atoms with Gasteiger partial charge in [0.2, 0.25) is 6.41 Å². The van der Waals surface area contributed by atoms with Crippen molar-refractivity contribution in [3.63, 3.8) is 0 Å². The third-order valence-corrected chi connectivity index (χ3v) is 5.89. The minimum atomic E-state index is -4.40. The van der Waals surface area contributed by atoms with Crippen molar-refractivity contribution in [3.8, 4) is 0 Å². The SMILES string of the molecule is O=CN(CCC1CCCN(c2ncccc2C(F)(F)F)C1)C1CCCCC1. The van der Waals surface area contributed by atoms with E-state index in [4.69, 9.17) is 0 Å².